The van der Waals surface area contributed by atoms with Crippen LogP contribution in [0.5, 0.6) is 0 Å². The summed E-state index contributed by atoms with van der Waals surface area (Å²) in [7, 11) is 0. The van der Waals surface area contributed by atoms with E-state index in [0.717, 1.165) is 22.2 Å². The lowest BCUT2D eigenvalue weighted by molar-refractivity contribution is 0.0141. The maximum atomic E-state index is 13.7. The number of hydrogen-bond acceptors (Lipinski definition) is 5. The number of pyridine rings is 1. The first-order valence-electron chi connectivity index (χ1n) is 11.8. The van der Waals surface area contributed by atoms with E-state index in [1.807, 2.05) is 76.6 Å². The van der Waals surface area contributed by atoms with Crippen LogP contribution in [0.4, 0.5) is 4.79 Å². The van der Waals surface area contributed by atoms with Crippen molar-refractivity contribution in [2.75, 3.05) is 26.2 Å². The second-order valence-electron chi connectivity index (χ2n) is 10.0. The van der Waals surface area contributed by atoms with E-state index in [-0.39, 0.29) is 18.0 Å². The maximum absolute atomic E-state index is 13.7. The Hall–Kier alpha value is -3.42. The highest BCUT2D eigenvalue weighted by Gasteiger charge is 2.29. The van der Waals surface area contributed by atoms with Crippen molar-refractivity contribution in [3.63, 3.8) is 0 Å². The van der Waals surface area contributed by atoms with E-state index in [1.54, 1.807) is 16.0 Å². The summed E-state index contributed by atoms with van der Waals surface area (Å²) in [5, 5.41) is 5.26. The first kappa shape index (κ1) is 23.7. The van der Waals surface area contributed by atoms with Gasteiger partial charge in [0.2, 0.25) is 0 Å². The van der Waals surface area contributed by atoms with Gasteiger partial charge in [-0.1, -0.05) is 24.3 Å². The van der Waals surface area contributed by atoms with Crippen molar-refractivity contribution in [1.29, 1.82) is 0 Å². The number of fused-ring (bicyclic) bond motifs is 1. The number of amides is 2. The van der Waals surface area contributed by atoms with Crippen LogP contribution < -0.4 is 0 Å². The molecular formula is C26H33N5O3. The maximum Gasteiger partial charge on any atom is 0.410 e. The fraction of sp³-hybridized carbons (Fsp3) is 0.462. The fourth-order valence-corrected chi connectivity index (χ4v) is 4.16. The molecule has 2 aromatic heterocycles. The van der Waals surface area contributed by atoms with Crippen molar-refractivity contribution in [3.05, 3.63) is 47.7 Å². The molecule has 0 saturated carbocycles. The Bertz CT molecular complexity index is 1220. The van der Waals surface area contributed by atoms with E-state index in [9.17, 15) is 9.59 Å². The van der Waals surface area contributed by atoms with Gasteiger partial charge in [0.1, 0.15) is 5.60 Å². The molecule has 1 aliphatic heterocycles. The third-order valence-corrected chi connectivity index (χ3v) is 5.93. The number of benzene rings is 1. The predicted molar refractivity (Wildman–Crippen MR) is 132 cm³/mol. The molecule has 8 nitrogen and oxygen atoms in total. The normalized spacial score (nSPS) is 14.7. The molecule has 1 aliphatic rings. The zero-order valence-electron chi connectivity index (χ0n) is 20.8. The second-order valence-corrected chi connectivity index (χ2v) is 10.0. The molecule has 0 bridgehead atoms. The van der Waals surface area contributed by atoms with Gasteiger partial charge < -0.3 is 14.5 Å². The third kappa shape index (κ3) is 4.76. The molecule has 0 aliphatic carbocycles. The quantitative estimate of drug-likeness (QED) is 0.563. The van der Waals surface area contributed by atoms with Crippen molar-refractivity contribution in [1.82, 2.24) is 24.6 Å². The van der Waals surface area contributed by atoms with Crippen LogP contribution in [0, 0.1) is 6.92 Å². The number of rotatable bonds is 3. The van der Waals surface area contributed by atoms with E-state index in [0.29, 0.717) is 37.4 Å². The lowest BCUT2D eigenvalue weighted by Crippen LogP contribution is -2.51. The molecule has 0 radical (unpaired) electrons. The Kier molecular flexibility index (Phi) is 6.34. The molecule has 1 saturated heterocycles. The van der Waals surface area contributed by atoms with E-state index in [1.165, 1.54) is 0 Å². The number of carbonyl (C=O) groups is 2. The van der Waals surface area contributed by atoms with Crippen molar-refractivity contribution < 1.29 is 14.3 Å². The van der Waals surface area contributed by atoms with Crippen molar-refractivity contribution >= 4 is 23.0 Å². The highest BCUT2D eigenvalue weighted by Crippen LogP contribution is 2.29. The van der Waals surface area contributed by atoms with Crippen LogP contribution >= 0.6 is 0 Å². The average Bonchev–Trinajstić information content (AvgIpc) is 3.21. The first-order chi connectivity index (χ1) is 16.0. The minimum atomic E-state index is -0.546. The van der Waals surface area contributed by atoms with Crippen LogP contribution in [0.2, 0.25) is 0 Å². The number of hydrogen-bond donors (Lipinski definition) is 0. The molecule has 3 aromatic rings. The lowest BCUT2D eigenvalue weighted by atomic mass is 10.0. The van der Waals surface area contributed by atoms with Crippen LogP contribution in [0.25, 0.3) is 22.3 Å². The van der Waals surface area contributed by atoms with Gasteiger partial charge in [0.05, 0.1) is 22.8 Å². The van der Waals surface area contributed by atoms with Gasteiger partial charge in [0.15, 0.2) is 5.65 Å². The molecule has 34 heavy (non-hydrogen) atoms. The minimum Gasteiger partial charge on any atom is -0.444 e. The standard InChI is InChI=1S/C26H33N5O3/c1-17(2)31-23-21(16-27-31)20(15-22(28-23)19-10-8-7-9-18(19)3)24(32)29-11-13-30(14-12-29)25(33)34-26(4,5)6/h7-10,15-17H,11-14H2,1-6H3. The van der Waals surface area contributed by atoms with Crippen LogP contribution in [-0.4, -0.2) is 68.3 Å². The Balaban J connectivity index is 1.65. The molecule has 180 valence electrons. The summed E-state index contributed by atoms with van der Waals surface area (Å²) in [6.45, 7) is 13.4. The van der Waals surface area contributed by atoms with Gasteiger partial charge in [0.25, 0.3) is 5.91 Å². The molecule has 8 heteroatoms. The van der Waals surface area contributed by atoms with Crippen molar-refractivity contribution in [2.24, 2.45) is 0 Å². The van der Waals surface area contributed by atoms with Gasteiger partial charge in [-0.25, -0.2) is 14.5 Å². The highest BCUT2D eigenvalue weighted by atomic mass is 16.6. The topological polar surface area (TPSA) is 80.6 Å². The number of carbonyl (C=O) groups excluding carboxylic acids is 2. The Morgan fingerprint density at radius 1 is 1.03 bits per heavy atom. The molecular weight excluding hydrogens is 430 g/mol. The molecule has 0 N–H and O–H groups in total. The summed E-state index contributed by atoms with van der Waals surface area (Å²) in [5.41, 5.74) is 3.57. The van der Waals surface area contributed by atoms with Gasteiger partial charge in [0, 0.05) is 37.8 Å². The first-order valence-corrected chi connectivity index (χ1v) is 11.8. The molecule has 1 aromatic carbocycles. The predicted octanol–water partition coefficient (Wildman–Crippen LogP) is 4.68. The molecule has 0 unspecified atom stereocenters. The molecule has 0 atom stereocenters. The van der Waals surface area contributed by atoms with Gasteiger partial charge in [-0.2, -0.15) is 5.10 Å². The number of aryl methyl sites for hydroxylation is 1. The summed E-state index contributed by atoms with van der Waals surface area (Å²) < 4.78 is 7.34. The van der Waals surface area contributed by atoms with Crippen molar-refractivity contribution in [2.45, 2.75) is 53.2 Å². The molecule has 3 heterocycles. The zero-order chi connectivity index (χ0) is 24.6. The molecule has 2 amide bonds. The number of ether oxygens (including phenoxy) is 1. The lowest BCUT2D eigenvalue weighted by Gasteiger charge is -2.35. The summed E-state index contributed by atoms with van der Waals surface area (Å²) in [6, 6.07) is 10.0. The molecule has 4 rings (SSSR count). The van der Waals surface area contributed by atoms with Crippen LogP contribution in [0.15, 0.2) is 36.5 Å². The highest BCUT2D eigenvalue weighted by molar-refractivity contribution is 6.06. The monoisotopic (exact) mass is 463 g/mol. The molecule has 0 spiro atoms. The molecule has 1 fully saturated rings. The van der Waals surface area contributed by atoms with Crippen LogP contribution in [0.1, 0.15) is 56.6 Å². The van der Waals surface area contributed by atoms with E-state index < -0.39 is 5.60 Å². The van der Waals surface area contributed by atoms with Gasteiger partial charge in [-0.3, -0.25) is 4.79 Å². The van der Waals surface area contributed by atoms with Gasteiger partial charge >= 0.3 is 6.09 Å². The van der Waals surface area contributed by atoms with E-state index >= 15 is 0 Å². The van der Waals surface area contributed by atoms with Gasteiger partial charge in [-0.05, 0) is 53.2 Å². The number of aromatic nitrogens is 3. The SMILES string of the molecule is Cc1ccccc1-c1cc(C(=O)N2CCN(C(=O)OC(C)(C)C)CC2)c2cnn(C(C)C)c2n1. The number of piperazine rings is 1. The van der Waals surface area contributed by atoms with E-state index in [2.05, 4.69) is 5.10 Å². The summed E-state index contributed by atoms with van der Waals surface area (Å²) in [5.74, 6) is -0.0746. The second kappa shape index (κ2) is 9.08. The fourth-order valence-electron chi connectivity index (χ4n) is 4.16. The van der Waals surface area contributed by atoms with Gasteiger partial charge in [-0.15, -0.1) is 0 Å². The summed E-state index contributed by atoms with van der Waals surface area (Å²) in [6.07, 6.45) is 1.39. The zero-order valence-corrected chi connectivity index (χ0v) is 20.8. The van der Waals surface area contributed by atoms with Crippen LogP contribution in [-0.2, 0) is 4.74 Å². The smallest absolute Gasteiger partial charge is 0.410 e. The minimum absolute atomic E-state index is 0.0746. The Morgan fingerprint density at radius 3 is 2.29 bits per heavy atom. The van der Waals surface area contributed by atoms with Crippen molar-refractivity contribution in [3.8, 4) is 11.3 Å². The largest absolute Gasteiger partial charge is 0.444 e. The Labute approximate surface area is 200 Å². The van der Waals surface area contributed by atoms with Crippen LogP contribution in [0.3, 0.4) is 0 Å². The third-order valence-electron chi connectivity index (χ3n) is 5.93. The summed E-state index contributed by atoms with van der Waals surface area (Å²) >= 11 is 0. The Morgan fingerprint density at radius 2 is 1.68 bits per heavy atom. The summed E-state index contributed by atoms with van der Waals surface area (Å²) in [4.78, 5) is 34.5. The number of nitrogens with zero attached hydrogens (tertiary/aromatic N) is 5. The average molecular weight is 464 g/mol. The van der Waals surface area contributed by atoms with E-state index in [4.69, 9.17) is 9.72 Å².